The van der Waals surface area contributed by atoms with E-state index in [1.54, 1.807) is 0 Å². The number of nitrogens with one attached hydrogen (secondary N) is 1. The van der Waals surface area contributed by atoms with Crippen LogP contribution in [0.4, 0.5) is 0 Å². The summed E-state index contributed by atoms with van der Waals surface area (Å²) < 4.78 is 0. The van der Waals surface area contributed by atoms with Gasteiger partial charge >= 0.3 is 0 Å². The summed E-state index contributed by atoms with van der Waals surface area (Å²) in [4.78, 5) is 0. The quantitative estimate of drug-likeness (QED) is 0.541. The molecule has 0 fully saturated rings. The van der Waals surface area contributed by atoms with Crippen LogP contribution in [0.15, 0.2) is 0 Å². The Morgan fingerprint density at radius 2 is 1.62 bits per heavy atom. The highest BCUT2D eigenvalue weighted by Crippen LogP contribution is 2.11. The van der Waals surface area contributed by atoms with E-state index in [1.165, 1.54) is 51.6 Å². The molecule has 13 heavy (non-hydrogen) atoms. The van der Waals surface area contributed by atoms with Gasteiger partial charge in [0.15, 0.2) is 0 Å². The molecule has 0 aliphatic rings. The zero-order chi connectivity index (χ0) is 9.94. The first-order valence-corrected chi connectivity index (χ1v) is 6.02. The summed E-state index contributed by atoms with van der Waals surface area (Å²) in [6, 6.07) is 0. The minimum Gasteiger partial charge on any atom is -0.317 e. The Hall–Kier alpha value is -0.0400. The summed E-state index contributed by atoms with van der Waals surface area (Å²) in [5.74, 6) is 0.929. The minimum absolute atomic E-state index is 0.929. The molecule has 0 spiro atoms. The molecule has 1 atom stereocenters. The molecule has 0 aromatic heterocycles. The molecule has 0 aromatic rings. The molecule has 0 aliphatic carbocycles. The second kappa shape index (κ2) is 10.0. The van der Waals surface area contributed by atoms with Crippen LogP contribution in [0.25, 0.3) is 0 Å². The highest BCUT2D eigenvalue weighted by atomic mass is 14.8. The minimum atomic E-state index is 0.929. The summed E-state index contributed by atoms with van der Waals surface area (Å²) in [5.41, 5.74) is 0. The summed E-state index contributed by atoms with van der Waals surface area (Å²) in [6.45, 7) is 9.31. The molecule has 0 amide bonds. The lowest BCUT2D eigenvalue weighted by molar-refractivity contribution is 0.458. The van der Waals surface area contributed by atoms with E-state index < -0.39 is 0 Å². The second-order valence-corrected chi connectivity index (χ2v) is 4.14. The monoisotopic (exact) mass is 185 g/mol. The molecule has 1 N–H and O–H groups in total. The lowest BCUT2D eigenvalue weighted by Crippen LogP contribution is -2.17. The Morgan fingerprint density at radius 1 is 0.923 bits per heavy atom. The maximum atomic E-state index is 3.48. The van der Waals surface area contributed by atoms with Crippen molar-refractivity contribution in [1.82, 2.24) is 5.32 Å². The number of unbranched alkanes of at least 4 members (excludes halogenated alkanes) is 1. The van der Waals surface area contributed by atoms with Crippen LogP contribution in [0, 0.1) is 5.92 Å². The van der Waals surface area contributed by atoms with Gasteiger partial charge in [-0.25, -0.2) is 0 Å². The molecule has 0 bridgehead atoms. The first-order chi connectivity index (χ1) is 6.31. The molecule has 0 radical (unpaired) electrons. The van der Waals surface area contributed by atoms with Gasteiger partial charge in [0.2, 0.25) is 0 Å². The predicted molar refractivity (Wildman–Crippen MR) is 61.1 cm³/mol. The SMILES string of the molecule is CCCCNCCCC(C)CCC. The highest BCUT2D eigenvalue weighted by Gasteiger charge is 1.99. The third kappa shape index (κ3) is 9.88. The third-order valence-corrected chi connectivity index (χ3v) is 2.54. The summed E-state index contributed by atoms with van der Waals surface area (Å²) in [6.07, 6.45) is 8.11. The molecular weight excluding hydrogens is 158 g/mol. The van der Waals surface area contributed by atoms with E-state index in [0.717, 1.165) is 5.92 Å². The number of rotatable bonds is 9. The molecule has 80 valence electrons. The van der Waals surface area contributed by atoms with Gasteiger partial charge in [0.25, 0.3) is 0 Å². The van der Waals surface area contributed by atoms with Gasteiger partial charge in [0.05, 0.1) is 0 Å². The molecule has 0 aromatic carbocycles. The van der Waals surface area contributed by atoms with E-state index in [0.29, 0.717) is 0 Å². The zero-order valence-electron chi connectivity index (χ0n) is 9.73. The van der Waals surface area contributed by atoms with Gasteiger partial charge in [0.1, 0.15) is 0 Å². The van der Waals surface area contributed by atoms with Crippen molar-refractivity contribution in [2.24, 2.45) is 5.92 Å². The molecule has 0 aliphatic heterocycles. The molecule has 0 saturated carbocycles. The van der Waals surface area contributed by atoms with Gasteiger partial charge in [0, 0.05) is 0 Å². The van der Waals surface area contributed by atoms with Crippen LogP contribution in [-0.4, -0.2) is 13.1 Å². The van der Waals surface area contributed by atoms with Gasteiger partial charge in [-0.1, -0.05) is 40.0 Å². The number of hydrogen-bond acceptors (Lipinski definition) is 1. The fourth-order valence-corrected chi connectivity index (χ4v) is 1.64. The average Bonchev–Trinajstić information content (AvgIpc) is 2.11. The molecule has 0 heterocycles. The van der Waals surface area contributed by atoms with Gasteiger partial charge in [-0.05, 0) is 38.3 Å². The van der Waals surface area contributed by atoms with E-state index in [1.807, 2.05) is 0 Å². The van der Waals surface area contributed by atoms with Gasteiger partial charge in [-0.3, -0.25) is 0 Å². The predicted octanol–water partition coefficient (Wildman–Crippen LogP) is 3.59. The second-order valence-electron chi connectivity index (χ2n) is 4.14. The van der Waals surface area contributed by atoms with Gasteiger partial charge in [-0.2, -0.15) is 0 Å². The maximum absolute atomic E-state index is 3.48. The van der Waals surface area contributed by atoms with Crippen LogP contribution in [0.5, 0.6) is 0 Å². The Balaban J connectivity index is 2.97. The van der Waals surface area contributed by atoms with Crippen molar-refractivity contribution in [1.29, 1.82) is 0 Å². The summed E-state index contributed by atoms with van der Waals surface area (Å²) in [5, 5.41) is 3.48. The van der Waals surface area contributed by atoms with Crippen LogP contribution < -0.4 is 5.32 Å². The smallest absolute Gasteiger partial charge is 0.00488 e. The van der Waals surface area contributed by atoms with E-state index in [9.17, 15) is 0 Å². The van der Waals surface area contributed by atoms with Gasteiger partial charge in [-0.15, -0.1) is 0 Å². The van der Waals surface area contributed by atoms with Crippen molar-refractivity contribution in [3.8, 4) is 0 Å². The standard InChI is InChI=1S/C12H27N/c1-4-6-10-13-11-7-9-12(3)8-5-2/h12-13H,4-11H2,1-3H3. The first-order valence-electron chi connectivity index (χ1n) is 6.02. The molecule has 1 unspecified atom stereocenters. The van der Waals surface area contributed by atoms with Crippen molar-refractivity contribution < 1.29 is 0 Å². The third-order valence-electron chi connectivity index (χ3n) is 2.54. The van der Waals surface area contributed by atoms with E-state index in [-0.39, 0.29) is 0 Å². The van der Waals surface area contributed by atoms with Crippen LogP contribution in [0.1, 0.15) is 59.3 Å². The Kier molecular flexibility index (Phi) is 10.0. The maximum Gasteiger partial charge on any atom is -0.00488 e. The molecule has 1 heteroatoms. The highest BCUT2D eigenvalue weighted by molar-refractivity contribution is 4.54. The first kappa shape index (κ1) is 13.0. The Labute approximate surface area is 84.3 Å². The largest absolute Gasteiger partial charge is 0.317 e. The van der Waals surface area contributed by atoms with E-state index >= 15 is 0 Å². The number of hydrogen-bond donors (Lipinski definition) is 1. The van der Waals surface area contributed by atoms with Gasteiger partial charge < -0.3 is 5.32 Å². The van der Waals surface area contributed by atoms with Crippen LogP contribution in [0.2, 0.25) is 0 Å². The lowest BCUT2D eigenvalue weighted by atomic mass is 10.0. The zero-order valence-corrected chi connectivity index (χ0v) is 9.73. The van der Waals surface area contributed by atoms with Crippen molar-refractivity contribution in [3.05, 3.63) is 0 Å². The van der Waals surface area contributed by atoms with Crippen LogP contribution in [0.3, 0.4) is 0 Å². The fourth-order valence-electron chi connectivity index (χ4n) is 1.64. The van der Waals surface area contributed by atoms with E-state index in [2.05, 4.69) is 26.1 Å². The molecule has 1 nitrogen and oxygen atoms in total. The topological polar surface area (TPSA) is 12.0 Å². The van der Waals surface area contributed by atoms with Crippen molar-refractivity contribution in [2.75, 3.05) is 13.1 Å². The lowest BCUT2D eigenvalue weighted by Gasteiger charge is -2.09. The van der Waals surface area contributed by atoms with Crippen molar-refractivity contribution >= 4 is 0 Å². The van der Waals surface area contributed by atoms with Crippen molar-refractivity contribution in [2.45, 2.75) is 59.3 Å². The Morgan fingerprint density at radius 3 is 2.23 bits per heavy atom. The average molecular weight is 185 g/mol. The molecule has 0 saturated heterocycles. The van der Waals surface area contributed by atoms with E-state index in [4.69, 9.17) is 0 Å². The fraction of sp³-hybridized carbons (Fsp3) is 1.00. The van der Waals surface area contributed by atoms with Crippen LogP contribution >= 0.6 is 0 Å². The summed E-state index contributed by atoms with van der Waals surface area (Å²) in [7, 11) is 0. The summed E-state index contributed by atoms with van der Waals surface area (Å²) >= 11 is 0. The normalized spacial score (nSPS) is 13.2. The Bertz CT molecular complexity index is 91.1. The molecule has 0 rings (SSSR count). The van der Waals surface area contributed by atoms with Crippen LogP contribution in [-0.2, 0) is 0 Å². The molecular formula is C12H27N. The van der Waals surface area contributed by atoms with Crippen molar-refractivity contribution in [3.63, 3.8) is 0 Å².